The Balaban J connectivity index is 2.13. The molecule has 24 heavy (non-hydrogen) atoms. The number of nitrogens with one attached hydrogen (secondary N) is 1. The second-order valence-corrected chi connectivity index (χ2v) is 7.45. The monoisotopic (exact) mass is 355 g/mol. The van der Waals surface area contributed by atoms with Gasteiger partial charge in [0, 0.05) is 32.7 Å². The summed E-state index contributed by atoms with van der Waals surface area (Å²) >= 11 is 0. The Morgan fingerprint density at radius 3 is 2.54 bits per heavy atom. The normalized spacial score (nSPS) is 15.8. The van der Waals surface area contributed by atoms with Crippen LogP contribution in [0.4, 0.5) is 0 Å². The van der Waals surface area contributed by atoms with Gasteiger partial charge in [0.2, 0.25) is 15.9 Å². The van der Waals surface area contributed by atoms with E-state index in [1.165, 1.54) is 33.5 Å². The van der Waals surface area contributed by atoms with Gasteiger partial charge in [-0.15, -0.1) is 0 Å². The molecule has 0 saturated carbocycles. The van der Waals surface area contributed by atoms with Crippen molar-refractivity contribution in [2.45, 2.75) is 4.90 Å². The highest BCUT2D eigenvalue weighted by atomic mass is 32.2. The van der Waals surface area contributed by atoms with Gasteiger partial charge >= 0.3 is 0 Å². The molecule has 1 aliphatic heterocycles. The number of hydrogen-bond donors (Lipinski definition) is 1. The molecule has 2 rings (SSSR count). The lowest BCUT2D eigenvalue weighted by molar-refractivity contribution is -0.127. The summed E-state index contributed by atoms with van der Waals surface area (Å²) in [6, 6.07) is 5.79. The van der Waals surface area contributed by atoms with Crippen molar-refractivity contribution in [3.63, 3.8) is 0 Å². The first-order valence-corrected chi connectivity index (χ1v) is 8.92. The first-order chi connectivity index (χ1) is 11.3. The van der Waals surface area contributed by atoms with Crippen LogP contribution < -0.4 is 5.32 Å². The van der Waals surface area contributed by atoms with E-state index in [1.54, 1.807) is 14.1 Å². The van der Waals surface area contributed by atoms with Gasteiger partial charge in [0.25, 0.3) is 5.91 Å². The van der Waals surface area contributed by atoms with Crippen molar-refractivity contribution < 1.29 is 22.7 Å². The average Bonchev–Trinajstić information content (AvgIpc) is 2.60. The minimum absolute atomic E-state index is 0.0518. The third kappa shape index (κ3) is 4.31. The van der Waals surface area contributed by atoms with Crippen molar-refractivity contribution in [1.82, 2.24) is 14.5 Å². The molecular weight excluding hydrogens is 334 g/mol. The Labute approximate surface area is 141 Å². The summed E-state index contributed by atoms with van der Waals surface area (Å²) in [4.78, 5) is 25.0. The summed E-state index contributed by atoms with van der Waals surface area (Å²) in [6.45, 7) is 1.14. The zero-order valence-corrected chi connectivity index (χ0v) is 14.5. The molecule has 1 aliphatic rings. The molecule has 0 atom stereocenters. The van der Waals surface area contributed by atoms with E-state index in [0.29, 0.717) is 13.2 Å². The number of nitrogens with zero attached hydrogens (tertiary/aromatic N) is 2. The maximum atomic E-state index is 12.6. The highest BCUT2D eigenvalue weighted by Crippen LogP contribution is 2.18. The van der Waals surface area contributed by atoms with E-state index < -0.39 is 15.9 Å². The Morgan fingerprint density at radius 1 is 1.25 bits per heavy atom. The van der Waals surface area contributed by atoms with Crippen molar-refractivity contribution in [1.29, 1.82) is 0 Å². The number of ether oxygens (including phenoxy) is 1. The number of carbonyl (C=O) groups excluding carboxylic acids is 2. The van der Waals surface area contributed by atoms with Crippen LogP contribution >= 0.6 is 0 Å². The molecule has 1 saturated heterocycles. The van der Waals surface area contributed by atoms with Gasteiger partial charge in [0.05, 0.1) is 24.7 Å². The van der Waals surface area contributed by atoms with Crippen LogP contribution in [0.5, 0.6) is 0 Å². The number of sulfonamides is 1. The van der Waals surface area contributed by atoms with Crippen LogP contribution in [0, 0.1) is 0 Å². The van der Waals surface area contributed by atoms with Gasteiger partial charge in [-0.1, -0.05) is 6.07 Å². The van der Waals surface area contributed by atoms with Crippen LogP contribution in [0.15, 0.2) is 29.2 Å². The fourth-order valence-corrected chi connectivity index (χ4v) is 3.60. The number of benzene rings is 1. The van der Waals surface area contributed by atoms with E-state index >= 15 is 0 Å². The van der Waals surface area contributed by atoms with Crippen LogP contribution in [0.1, 0.15) is 10.4 Å². The average molecular weight is 355 g/mol. The van der Waals surface area contributed by atoms with E-state index in [9.17, 15) is 18.0 Å². The number of morpholine rings is 1. The molecule has 1 aromatic rings. The molecule has 0 spiro atoms. The van der Waals surface area contributed by atoms with Gasteiger partial charge in [-0.25, -0.2) is 8.42 Å². The van der Waals surface area contributed by atoms with Gasteiger partial charge in [0.15, 0.2) is 0 Å². The minimum Gasteiger partial charge on any atom is -0.379 e. The van der Waals surface area contributed by atoms with Gasteiger partial charge in [-0.05, 0) is 18.2 Å². The smallest absolute Gasteiger partial charge is 0.251 e. The van der Waals surface area contributed by atoms with Crippen molar-refractivity contribution in [3.8, 4) is 0 Å². The van der Waals surface area contributed by atoms with Crippen molar-refractivity contribution >= 4 is 21.8 Å². The molecule has 1 aromatic carbocycles. The summed E-state index contributed by atoms with van der Waals surface area (Å²) in [7, 11) is -0.490. The van der Waals surface area contributed by atoms with Crippen LogP contribution in [-0.2, 0) is 19.6 Å². The summed E-state index contributed by atoms with van der Waals surface area (Å²) in [6.07, 6.45) is 0. The number of carbonyl (C=O) groups is 2. The summed E-state index contributed by atoms with van der Waals surface area (Å²) < 4.78 is 31.7. The third-order valence-electron chi connectivity index (χ3n) is 3.60. The van der Waals surface area contributed by atoms with Crippen molar-refractivity contribution in [3.05, 3.63) is 29.8 Å². The molecule has 1 fully saturated rings. The van der Waals surface area contributed by atoms with Gasteiger partial charge in [0.1, 0.15) is 0 Å². The Bertz CT molecular complexity index is 712. The number of rotatable bonds is 5. The maximum Gasteiger partial charge on any atom is 0.251 e. The molecule has 1 N–H and O–H groups in total. The van der Waals surface area contributed by atoms with Crippen molar-refractivity contribution in [2.24, 2.45) is 0 Å². The zero-order chi connectivity index (χ0) is 17.7. The quantitative estimate of drug-likeness (QED) is 0.770. The largest absolute Gasteiger partial charge is 0.379 e. The Morgan fingerprint density at radius 2 is 1.92 bits per heavy atom. The second-order valence-electron chi connectivity index (χ2n) is 5.52. The number of likely N-dealkylation sites (N-methyl/N-ethyl adjacent to an activating group) is 1. The Kier molecular flexibility index (Phi) is 5.92. The molecule has 1 heterocycles. The molecule has 0 unspecified atom stereocenters. The molecule has 8 nitrogen and oxygen atoms in total. The topological polar surface area (TPSA) is 96.0 Å². The first kappa shape index (κ1) is 18.4. The van der Waals surface area contributed by atoms with Crippen LogP contribution in [0.25, 0.3) is 0 Å². The molecule has 2 amide bonds. The fraction of sp³-hybridized carbons (Fsp3) is 0.467. The molecule has 0 aliphatic carbocycles. The van der Waals surface area contributed by atoms with E-state index in [1.807, 2.05) is 0 Å². The highest BCUT2D eigenvalue weighted by molar-refractivity contribution is 7.89. The fourth-order valence-electron chi connectivity index (χ4n) is 2.15. The van der Waals surface area contributed by atoms with Crippen LogP contribution in [0.3, 0.4) is 0 Å². The van der Waals surface area contributed by atoms with Gasteiger partial charge in [-0.3, -0.25) is 9.59 Å². The SMILES string of the molecule is CN(C)C(=O)CNC(=O)c1cccc(S(=O)(=O)N2CCOCC2)c1. The molecule has 0 bridgehead atoms. The molecular formula is C15H21N3O5S. The predicted octanol–water partition coefficient (Wildman–Crippen LogP) is -0.474. The van der Waals surface area contributed by atoms with Gasteiger partial charge in [-0.2, -0.15) is 4.31 Å². The maximum absolute atomic E-state index is 12.6. The number of hydrogen-bond acceptors (Lipinski definition) is 5. The summed E-state index contributed by atoms with van der Waals surface area (Å²) in [5.74, 6) is -0.746. The highest BCUT2D eigenvalue weighted by Gasteiger charge is 2.26. The van der Waals surface area contributed by atoms with Crippen molar-refractivity contribution in [2.75, 3.05) is 46.9 Å². The Hall–Kier alpha value is -1.97. The third-order valence-corrected chi connectivity index (χ3v) is 5.50. The molecule has 9 heteroatoms. The van der Waals surface area contributed by atoms with Crippen LogP contribution in [0.2, 0.25) is 0 Å². The first-order valence-electron chi connectivity index (χ1n) is 7.48. The molecule has 0 aromatic heterocycles. The minimum atomic E-state index is -3.66. The summed E-state index contributed by atoms with van der Waals surface area (Å²) in [5.41, 5.74) is 0.191. The van der Waals surface area contributed by atoms with Crippen LogP contribution in [-0.4, -0.2) is 76.4 Å². The van der Waals surface area contributed by atoms with E-state index in [4.69, 9.17) is 4.74 Å². The lowest BCUT2D eigenvalue weighted by Crippen LogP contribution is -2.40. The zero-order valence-electron chi connectivity index (χ0n) is 13.7. The van der Waals surface area contributed by atoms with E-state index in [-0.39, 0.29) is 36.0 Å². The lowest BCUT2D eigenvalue weighted by Gasteiger charge is -2.26. The second kappa shape index (κ2) is 7.73. The molecule has 0 radical (unpaired) electrons. The molecule has 132 valence electrons. The van der Waals surface area contributed by atoms with Gasteiger partial charge < -0.3 is 15.0 Å². The van der Waals surface area contributed by atoms with E-state index in [0.717, 1.165) is 0 Å². The summed E-state index contributed by atoms with van der Waals surface area (Å²) in [5, 5.41) is 2.48. The number of amides is 2. The lowest BCUT2D eigenvalue weighted by atomic mass is 10.2. The standard InChI is InChI=1S/C15H21N3O5S/c1-17(2)14(19)11-16-15(20)12-4-3-5-13(10-12)24(21,22)18-6-8-23-9-7-18/h3-5,10H,6-9,11H2,1-2H3,(H,16,20). The van der Waals surface area contributed by atoms with E-state index in [2.05, 4.69) is 5.32 Å². The predicted molar refractivity (Wildman–Crippen MR) is 87.0 cm³/mol.